The van der Waals surface area contributed by atoms with E-state index >= 15 is 0 Å². The van der Waals surface area contributed by atoms with Gasteiger partial charge < -0.3 is 15.2 Å². The zero-order valence-electron chi connectivity index (χ0n) is 11.7. The van der Waals surface area contributed by atoms with Gasteiger partial charge in [0.05, 0.1) is 12.8 Å². The van der Waals surface area contributed by atoms with Crippen molar-refractivity contribution in [2.75, 3.05) is 19.5 Å². The van der Waals surface area contributed by atoms with Gasteiger partial charge in [0, 0.05) is 12.7 Å². The number of hydrogen-bond acceptors (Lipinski definition) is 5. The van der Waals surface area contributed by atoms with Crippen LogP contribution in [0.4, 0.5) is 5.82 Å². The van der Waals surface area contributed by atoms with Gasteiger partial charge in [-0.05, 0) is 25.0 Å². The fraction of sp³-hybridized carbons (Fsp3) is 0.333. The van der Waals surface area contributed by atoms with Crippen LogP contribution in [0.15, 0.2) is 24.3 Å². The minimum Gasteiger partial charge on any atom is -0.497 e. The van der Waals surface area contributed by atoms with Gasteiger partial charge in [0.25, 0.3) is 0 Å². The molecule has 0 amide bonds. The van der Waals surface area contributed by atoms with Gasteiger partial charge in [0.15, 0.2) is 0 Å². The average Bonchev–Trinajstić information content (AvgIpc) is 3.14. The zero-order valence-corrected chi connectivity index (χ0v) is 11.7. The van der Waals surface area contributed by atoms with E-state index in [1.165, 1.54) is 0 Å². The van der Waals surface area contributed by atoms with Crippen LogP contribution in [0.3, 0.4) is 0 Å². The van der Waals surface area contributed by atoms with Crippen LogP contribution >= 0.6 is 0 Å². The van der Waals surface area contributed by atoms with Gasteiger partial charge in [-0.1, -0.05) is 6.07 Å². The number of ether oxygens (including phenoxy) is 2. The van der Waals surface area contributed by atoms with Crippen molar-refractivity contribution in [2.45, 2.75) is 18.9 Å². The summed E-state index contributed by atoms with van der Waals surface area (Å²) in [5.74, 6) is 1.04. The largest absolute Gasteiger partial charge is 0.497 e. The van der Waals surface area contributed by atoms with Gasteiger partial charge in [-0.15, -0.1) is 0 Å². The monoisotopic (exact) mass is 284 g/mol. The van der Waals surface area contributed by atoms with Gasteiger partial charge in [0.1, 0.15) is 35.0 Å². The number of anilines is 1. The molecule has 2 aromatic rings. The molecule has 0 radical (unpaired) electrons. The lowest BCUT2D eigenvalue weighted by atomic mass is 10.1. The van der Waals surface area contributed by atoms with Crippen LogP contribution in [0.2, 0.25) is 0 Å². The summed E-state index contributed by atoms with van der Waals surface area (Å²) >= 11 is 0. The van der Waals surface area contributed by atoms with Gasteiger partial charge in [0.2, 0.25) is 0 Å². The number of aromatic nitrogens is 2. The van der Waals surface area contributed by atoms with Gasteiger partial charge >= 0.3 is 0 Å². The second-order valence-corrected chi connectivity index (χ2v) is 4.87. The molecule has 6 nitrogen and oxygen atoms in total. The molecule has 2 heterocycles. The molecule has 1 aromatic heterocycles. The Bertz CT molecular complexity index is 696. The predicted octanol–water partition coefficient (Wildman–Crippen LogP) is 2.19. The van der Waals surface area contributed by atoms with Crippen molar-refractivity contribution in [1.29, 1.82) is 5.26 Å². The summed E-state index contributed by atoms with van der Waals surface area (Å²) in [4.78, 5) is 0. The lowest BCUT2D eigenvalue weighted by molar-refractivity contribution is 0.108. The lowest BCUT2D eigenvalue weighted by Gasteiger charge is -2.06. The zero-order chi connectivity index (χ0) is 14.8. The number of benzene rings is 1. The van der Waals surface area contributed by atoms with Crippen molar-refractivity contribution in [3.63, 3.8) is 0 Å². The summed E-state index contributed by atoms with van der Waals surface area (Å²) in [6, 6.07) is 9.53. The molecule has 0 saturated carbocycles. The molecule has 3 rings (SSSR count). The van der Waals surface area contributed by atoms with Crippen LogP contribution in [0.1, 0.15) is 30.2 Å². The first-order chi connectivity index (χ1) is 10.2. The molecular formula is C15H16N4O2. The maximum atomic E-state index is 9.36. The maximum Gasteiger partial charge on any atom is 0.145 e. The van der Waals surface area contributed by atoms with E-state index < -0.39 is 0 Å². The van der Waals surface area contributed by atoms with E-state index in [0.717, 1.165) is 18.5 Å². The summed E-state index contributed by atoms with van der Waals surface area (Å²) in [5, 5.41) is 13.9. The van der Waals surface area contributed by atoms with Gasteiger partial charge in [-0.25, -0.2) is 4.68 Å². The molecule has 0 unspecified atom stereocenters. The van der Waals surface area contributed by atoms with Crippen LogP contribution in [0, 0.1) is 11.3 Å². The first-order valence-corrected chi connectivity index (χ1v) is 6.79. The van der Waals surface area contributed by atoms with Crippen molar-refractivity contribution in [2.24, 2.45) is 0 Å². The van der Waals surface area contributed by atoms with Crippen LogP contribution in [0.5, 0.6) is 5.75 Å². The molecule has 1 aliphatic rings. The highest BCUT2D eigenvalue weighted by atomic mass is 16.5. The molecule has 2 N–H and O–H groups in total. The normalized spacial score (nSPS) is 17.6. The molecule has 21 heavy (non-hydrogen) atoms. The van der Waals surface area contributed by atoms with E-state index in [2.05, 4.69) is 11.2 Å². The Hall–Kier alpha value is -2.52. The summed E-state index contributed by atoms with van der Waals surface area (Å²) in [6.45, 7) is 0.696. The molecule has 1 aliphatic heterocycles. The molecule has 1 fully saturated rings. The number of nitrogen functional groups attached to an aromatic ring is 1. The Labute approximate surface area is 122 Å². The average molecular weight is 284 g/mol. The van der Waals surface area contributed by atoms with Crippen molar-refractivity contribution < 1.29 is 9.47 Å². The highest BCUT2D eigenvalue weighted by Crippen LogP contribution is 2.33. The third kappa shape index (κ3) is 2.32. The highest BCUT2D eigenvalue weighted by molar-refractivity contribution is 5.57. The molecule has 1 atom stereocenters. The summed E-state index contributed by atoms with van der Waals surface area (Å²) < 4.78 is 12.4. The molecule has 0 spiro atoms. The van der Waals surface area contributed by atoms with Gasteiger partial charge in [-0.2, -0.15) is 10.4 Å². The second-order valence-electron chi connectivity index (χ2n) is 4.87. The fourth-order valence-electron chi connectivity index (χ4n) is 2.52. The van der Waals surface area contributed by atoms with E-state index in [1.807, 2.05) is 24.3 Å². The molecule has 108 valence electrons. The minimum atomic E-state index is -0.145. The first kappa shape index (κ1) is 13.5. The van der Waals surface area contributed by atoms with E-state index in [-0.39, 0.29) is 6.10 Å². The van der Waals surface area contributed by atoms with E-state index in [0.29, 0.717) is 29.4 Å². The van der Waals surface area contributed by atoms with E-state index in [4.69, 9.17) is 15.2 Å². The summed E-state index contributed by atoms with van der Waals surface area (Å²) in [5.41, 5.74) is 7.86. The first-order valence-electron chi connectivity index (χ1n) is 6.79. The second kappa shape index (κ2) is 5.46. The molecule has 1 saturated heterocycles. The molecule has 0 bridgehead atoms. The van der Waals surface area contributed by atoms with Crippen molar-refractivity contribution in [3.8, 4) is 17.5 Å². The van der Waals surface area contributed by atoms with E-state index in [9.17, 15) is 5.26 Å². The quantitative estimate of drug-likeness (QED) is 0.933. The number of nitrogens with zero attached hydrogens (tertiary/aromatic N) is 3. The maximum absolute atomic E-state index is 9.36. The van der Waals surface area contributed by atoms with Crippen molar-refractivity contribution >= 4 is 5.82 Å². The van der Waals surface area contributed by atoms with Crippen LogP contribution < -0.4 is 10.5 Å². The van der Waals surface area contributed by atoms with Crippen LogP contribution in [-0.2, 0) is 4.74 Å². The van der Waals surface area contributed by atoms with Crippen molar-refractivity contribution in [1.82, 2.24) is 9.78 Å². The Balaban J connectivity index is 2.08. The van der Waals surface area contributed by atoms with E-state index in [1.54, 1.807) is 11.8 Å². The topological polar surface area (TPSA) is 86.1 Å². The molecular weight excluding hydrogens is 268 g/mol. The molecule has 0 aliphatic carbocycles. The minimum absolute atomic E-state index is 0.145. The summed E-state index contributed by atoms with van der Waals surface area (Å²) in [7, 11) is 1.60. The Morgan fingerprint density at radius 3 is 3.05 bits per heavy atom. The Kier molecular flexibility index (Phi) is 3.50. The third-order valence-electron chi connectivity index (χ3n) is 3.59. The summed E-state index contributed by atoms with van der Waals surface area (Å²) in [6.07, 6.45) is 1.69. The SMILES string of the molecule is COc1cccc(-n2nc([C@@H]3CCCO3)c(C#N)c2N)c1. The number of hydrogen-bond donors (Lipinski definition) is 1. The Morgan fingerprint density at radius 1 is 1.52 bits per heavy atom. The molecule has 1 aromatic carbocycles. The molecule has 6 heteroatoms. The smallest absolute Gasteiger partial charge is 0.145 e. The lowest BCUT2D eigenvalue weighted by Crippen LogP contribution is -2.03. The van der Waals surface area contributed by atoms with Gasteiger partial charge in [-0.3, -0.25) is 0 Å². The van der Waals surface area contributed by atoms with Crippen LogP contribution in [0.25, 0.3) is 5.69 Å². The van der Waals surface area contributed by atoms with Crippen LogP contribution in [-0.4, -0.2) is 23.5 Å². The van der Waals surface area contributed by atoms with Crippen molar-refractivity contribution in [3.05, 3.63) is 35.5 Å². The fourth-order valence-corrected chi connectivity index (χ4v) is 2.52. The number of methoxy groups -OCH3 is 1. The standard InChI is InChI=1S/C15H16N4O2/c1-20-11-5-2-4-10(8-11)19-15(17)12(9-16)14(18-19)13-6-3-7-21-13/h2,4-5,8,13H,3,6-7,17H2,1H3/t13-/m0/s1. The highest BCUT2D eigenvalue weighted by Gasteiger charge is 2.27. The third-order valence-corrected chi connectivity index (χ3v) is 3.59. The number of nitrogens with two attached hydrogens (primary N) is 1. The predicted molar refractivity (Wildman–Crippen MR) is 77.2 cm³/mol. The number of rotatable bonds is 3. The Morgan fingerprint density at radius 2 is 2.38 bits per heavy atom. The number of nitriles is 1.